The number of alkyl halides is 3. The molecule has 0 saturated heterocycles. The van der Waals surface area contributed by atoms with E-state index in [1.807, 2.05) is 103 Å². The number of nitrogens with zero attached hydrogens (tertiary/aromatic N) is 1. The van der Waals surface area contributed by atoms with Crippen LogP contribution in [0, 0.1) is 11.6 Å². The second-order valence-corrected chi connectivity index (χ2v) is 14.1. The third-order valence-corrected chi connectivity index (χ3v) is 11.1. The van der Waals surface area contributed by atoms with Gasteiger partial charge in [0.25, 0.3) is 0 Å². The molecule has 7 aromatic carbocycles. The summed E-state index contributed by atoms with van der Waals surface area (Å²) >= 11 is 1.61. The van der Waals surface area contributed by atoms with Crippen molar-refractivity contribution in [3.8, 4) is 38.4 Å². The molecule has 0 radical (unpaired) electrons. The topological polar surface area (TPSA) is 18.1 Å². The maximum atomic E-state index is 16.8. The predicted molar refractivity (Wildman–Crippen MR) is 205 cm³/mol. The van der Waals surface area contributed by atoms with Gasteiger partial charge in [-0.3, -0.25) is 0 Å². The van der Waals surface area contributed by atoms with Crippen LogP contribution in [0.15, 0.2) is 150 Å². The van der Waals surface area contributed by atoms with E-state index in [1.54, 1.807) is 35.6 Å². The van der Waals surface area contributed by atoms with Crippen LogP contribution in [0.4, 0.5) is 22.0 Å². The average molecular weight is 722 g/mol. The highest BCUT2D eigenvalue weighted by Crippen LogP contribution is 2.47. The van der Waals surface area contributed by atoms with E-state index < -0.39 is 23.4 Å². The fourth-order valence-electron chi connectivity index (χ4n) is 7.58. The van der Waals surface area contributed by atoms with E-state index in [4.69, 9.17) is 4.42 Å². The fourth-order valence-corrected chi connectivity index (χ4v) is 8.79. The molecule has 0 atom stereocenters. The van der Waals surface area contributed by atoms with Crippen molar-refractivity contribution in [3.05, 3.63) is 163 Å². The zero-order chi connectivity index (χ0) is 36.0. The van der Waals surface area contributed by atoms with Crippen molar-refractivity contribution in [2.45, 2.75) is 6.18 Å². The van der Waals surface area contributed by atoms with Gasteiger partial charge >= 0.3 is 6.18 Å². The standard InChI is InChI=1S/C45H24F5NOS/c46-36-21-28(27-15-17-39-32(19-27)31-13-7-8-14-38(31)52-39)20-33-34-22-29(45(48,49)50)23-37(47)43(34)51(42(33)36)30-16-18-40-35(24-30)41(25-9-3-1-4-10-25)44(53-40)26-11-5-2-6-12-26/h1-24H. The summed E-state index contributed by atoms with van der Waals surface area (Å²) in [5, 5.41) is 2.68. The van der Waals surface area contributed by atoms with Gasteiger partial charge in [-0.25, -0.2) is 8.78 Å². The van der Waals surface area contributed by atoms with Gasteiger partial charge in [0.1, 0.15) is 22.8 Å². The molecule has 0 aliphatic carbocycles. The van der Waals surface area contributed by atoms with Crippen LogP contribution in [0.1, 0.15) is 5.56 Å². The molecule has 0 unspecified atom stereocenters. The van der Waals surface area contributed by atoms with Crippen LogP contribution < -0.4 is 0 Å². The number of halogens is 5. The lowest BCUT2D eigenvalue weighted by atomic mass is 9.98. The lowest BCUT2D eigenvalue weighted by Gasteiger charge is -2.12. The van der Waals surface area contributed by atoms with E-state index >= 15 is 8.78 Å². The van der Waals surface area contributed by atoms with Crippen molar-refractivity contribution >= 4 is 65.2 Å². The zero-order valence-corrected chi connectivity index (χ0v) is 28.3. The Morgan fingerprint density at radius 1 is 0.491 bits per heavy atom. The Morgan fingerprint density at radius 2 is 1.13 bits per heavy atom. The fraction of sp³-hybridized carbons (Fsp3) is 0.0222. The van der Waals surface area contributed by atoms with Gasteiger partial charge in [-0.05, 0) is 82.9 Å². The monoisotopic (exact) mass is 721 g/mol. The molecule has 256 valence electrons. The van der Waals surface area contributed by atoms with Crippen LogP contribution in [0.2, 0.25) is 0 Å². The Hall–Kier alpha value is -6.25. The van der Waals surface area contributed by atoms with Crippen molar-refractivity contribution in [3.63, 3.8) is 0 Å². The number of furan rings is 1. The normalized spacial score (nSPS) is 12.2. The van der Waals surface area contributed by atoms with Gasteiger partial charge in [-0.2, -0.15) is 13.2 Å². The van der Waals surface area contributed by atoms with Gasteiger partial charge in [0.2, 0.25) is 0 Å². The molecular weight excluding hydrogens is 698 g/mol. The Kier molecular flexibility index (Phi) is 6.91. The third-order valence-electron chi connectivity index (χ3n) is 9.93. The van der Waals surface area contributed by atoms with Crippen LogP contribution in [0.3, 0.4) is 0 Å². The van der Waals surface area contributed by atoms with Crippen molar-refractivity contribution < 1.29 is 26.4 Å². The van der Waals surface area contributed by atoms with E-state index in [9.17, 15) is 13.2 Å². The molecule has 0 amide bonds. The summed E-state index contributed by atoms with van der Waals surface area (Å²) in [7, 11) is 0. The van der Waals surface area contributed by atoms with Crippen molar-refractivity contribution in [2.24, 2.45) is 0 Å². The molecule has 8 heteroatoms. The van der Waals surface area contributed by atoms with E-state index in [0.717, 1.165) is 48.5 Å². The molecular formula is C45H24F5NOS. The predicted octanol–water partition coefficient (Wildman–Crippen LogP) is 14.2. The third kappa shape index (κ3) is 4.97. The summed E-state index contributed by atoms with van der Waals surface area (Å²) < 4.78 is 83.9. The Morgan fingerprint density at radius 3 is 1.89 bits per heavy atom. The highest BCUT2D eigenvalue weighted by molar-refractivity contribution is 7.23. The van der Waals surface area contributed by atoms with Crippen LogP contribution in [0.25, 0.3) is 92.2 Å². The summed E-state index contributed by atoms with van der Waals surface area (Å²) in [6.45, 7) is 0. The SMILES string of the molecule is Fc1cc(-c2ccc3oc4ccccc4c3c2)cc2c3cc(C(F)(F)F)cc(F)c3n(-c3ccc4sc(-c5ccccc5)c(-c5ccccc5)c4c3)c12. The van der Waals surface area contributed by atoms with Crippen molar-refractivity contribution in [2.75, 3.05) is 0 Å². The lowest BCUT2D eigenvalue weighted by molar-refractivity contribution is -0.137. The summed E-state index contributed by atoms with van der Waals surface area (Å²) in [5.74, 6) is -1.80. The van der Waals surface area contributed by atoms with Crippen molar-refractivity contribution in [1.82, 2.24) is 4.57 Å². The number of hydrogen-bond donors (Lipinski definition) is 0. The average Bonchev–Trinajstić information content (AvgIpc) is 3.85. The quantitative estimate of drug-likeness (QED) is 0.166. The van der Waals surface area contributed by atoms with E-state index in [0.29, 0.717) is 34.0 Å². The van der Waals surface area contributed by atoms with Crippen molar-refractivity contribution in [1.29, 1.82) is 0 Å². The molecule has 53 heavy (non-hydrogen) atoms. The van der Waals surface area contributed by atoms with Gasteiger partial charge in [0.15, 0.2) is 0 Å². The first-order valence-corrected chi connectivity index (χ1v) is 17.7. The molecule has 3 aromatic heterocycles. The molecule has 3 heterocycles. The molecule has 0 saturated carbocycles. The minimum Gasteiger partial charge on any atom is -0.456 e. The molecule has 10 aromatic rings. The largest absolute Gasteiger partial charge is 0.456 e. The van der Waals surface area contributed by atoms with E-state index in [2.05, 4.69) is 0 Å². The van der Waals surface area contributed by atoms with Crippen LogP contribution in [0.5, 0.6) is 0 Å². The first-order chi connectivity index (χ1) is 25.7. The maximum Gasteiger partial charge on any atom is 0.416 e. The molecule has 0 aliphatic rings. The number of hydrogen-bond acceptors (Lipinski definition) is 2. The zero-order valence-electron chi connectivity index (χ0n) is 27.5. The second-order valence-electron chi connectivity index (χ2n) is 13.1. The van der Waals surface area contributed by atoms with Gasteiger partial charge in [-0.15, -0.1) is 11.3 Å². The first-order valence-electron chi connectivity index (χ1n) is 16.9. The molecule has 10 rings (SSSR count). The van der Waals surface area contributed by atoms with Gasteiger partial charge in [0, 0.05) is 47.8 Å². The summed E-state index contributed by atoms with van der Waals surface area (Å²) in [4.78, 5) is 1.03. The maximum absolute atomic E-state index is 16.8. The molecule has 0 N–H and O–H groups in total. The Labute approximate surface area is 302 Å². The molecule has 0 fully saturated rings. The summed E-state index contributed by atoms with van der Waals surface area (Å²) in [5.41, 5.74) is 4.50. The Balaban J connectivity index is 1.26. The number of thiophene rings is 1. The number of aromatic nitrogens is 1. The number of benzene rings is 7. The van der Waals surface area contributed by atoms with Gasteiger partial charge in [0.05, 0.1) is 16.6 Å². The highest BCUT2D eigenvalue weighted by Gasteiger charge is 2.33. The van der Waals surface area contributed by atoms with E-state index in [1.165, 1.54) is 10.6 Å². The van der Waals surface area contributed by atoms with E-state index in [-0.39, 0.29) is 21.8 Å². The highest BCUT2D eigenvalue weighted by atomic mass is 32.1. The molecule has 0 bridgehead atoms. The minimum atomic E-state index is -4.82. The first kappa shape index (κ1) is 31.5. The number of fused-ring (bicyclic) bond motifs is 7. The van der Waals surface area contributed by atoms with Gasteiger partial charge in [-0.1, -0.05) is 84.9 Å². The second kappa shape index (κ2) is 11.6. The van der Waals surface area contributed by atoms with Gasteiger partial charge < -0.3 is 8.98 Å². The summed E-state index contributed by atoms with van der Waals surface area (Å²) in [6.07, 6.45) is -4.82. The van der Waals surface area contributed by atoms with Crippen LogP contribution >= 0.6 is 11.3 Å². The molecule has 0 aliphatic heterocycles. The molecule has 0 spiro atoms. The van der Waals surface area contributed by atoms with Crippen LogP contribution in [-0.4, -0.2) is 4.57 Å². The number of para-hydroxylation sites is 1. The van der Waals surface area contributed by atoms with Crippen LogP contribution in [-0.2, 0) is 6.18 Å². The minimum absolute atomic E-state index is 0.0177. The smallest absolute Gasteiger partial charge is 0.416 e. The lowest BCUT2D eigenvalue weighted by Crippen LogP contribution is -2.06. The summed E-state index contributed by atoms with van der Waals surface area (Å²) in [6, 6.07) is 42.8. The number of rotatable bonds is 4. The molecule has 2 nitrogen and oxygen atoms in total. The Bertz CT molecular complexity index is 3070.